The molecule has 0 atom stereocenters. The Labute approximate surface area is 96.0 Å². The molecule has 0 unspecified atom stereocenters. The van der Waals surface area contributed by atoms with Crippen molar-refractivity contribution in [3.05, 3.63) is 23.8 Å². The van der Waals surface area contributed by atoms with Crippen molar-refractivity contribution in [1.82, 2.24) is 0 Å². The van der Waals surface area contributed by atoms with E-state index >= 15 is 0 Å². The van der Waals surface area contributed by atoms with Crippen LogP contribution in [0.15, 0.2) is 18.2 Å². The van der Waals surface area contributed by atoms with Crippen LogP contribution in [-0.2, 0) is 6.54 Å². The quantitative estimate of drug-likeness (QED) is 0.803. The first-order chi connectivity index (χ1) is 7.92. The maximum absolute atomic E-state index is 5.40. The van der Waals surface area contributed by atoms with Gasteiger partial charge in [0.25, 0.3) is 0 Å². The monoisotopic (exact) mass is 220 g/mol. The predicted octanol–water partition coefficient (Wildman–Crippen LogP) is 0.984. The number of hydrogen-bond acceptors (Lipinski definition) is 2. The summed E-state index contributed by atoms with van der Waals surface area (Å²) >= 11 is 0. The van der Waals surface area contributed by atoms with Crippen molar-refractivity contribution in [3.63, 3.8) is 0 Å². The topological polar surface area (TPSA) is 22.9 Å². The Hall–Kier alpha value is -1.22. The second-order valence-corrected chi connectivity index (χ2v) is 4.68. The molecule has 1 aromatic rings. The van der Waals surface area contributed by atoms with Crippen LogP contribution in [0.1, 0.15) is 24.8 Å². The van der Waals surface area contributed by atoms with Gasteiger partial charge >= 0.3 is 0 Å². The maximum Gasteiger partial charge on any atom is 0.231 e. The Bertz CT molecular complexity index is 372. The van der Waals surface area contributed by atoms with Crippen LogP contribution in [-0.4, -0.2) is 19.9 Å². The molecule has 1 fully saturated rings. The normalized spacial score (nSPS) is 20.0. The first-order valence-corrected chi connectivity index (χ1v) is 6.14. The van der Waals surface area contributed by atoms with E-state index in [4.69, 9.17) is 9.47 Å². The zero-order chi connectivity index (χ0) is 10.8. The average molecular weight is 220 g/mol. The number of piperidine rings is 1. The number of likely N-dealkylation sites (tertiary alicyclic amines) is 1. The third-order valence-corrected chi connectivity index (χ3v) is 3.45. The number of benzene rings is 1. The third-order valence-electron chi connectivity index (χ3n) is 3.45. The third kappa shape index (κ3) is 2.00. The first-order valence-electron chi connectivity index (χ1n) is 6.14. The van der Waals surface area contributed by atoms with Crippen molar-refractivity contribution < 1.29 is 14.4 Å². The van der Waals surface area contributed by atoms with Crippen molar-refractivity contribution in [1.29, 1.82) is 0 Å². The first kappa shape index (κ1) is 9.97. The molecule has 3 rings (SSSR count). The highest BCUT2D eigenvalue weighted by molar-refractivity contribution is 5.44. The van der Waals surface area contributed by atoms with Gasteiger partial charge < -0.3 is 14.4 Å². The van der Waals surface area contributed by atoms with Gasteiger partial charge in [-0.1, -0.05) is 0 Å². The van der Waals surface area contributed by atoms with Gasteiger partial charge in [-0.15, -0.1) is 0 Å². The number of nitrogens with one attached hydrogen (secondary N) is 1. The zero-order valence-electron chi connectivity index (χ0n) is 9.50. The van der Waals surface area contributed by atoms with Crippen molar-refractivity contribution in [3.8, 4) is 11.5 Å². The van der Waals surface area contributed by atoms with E-state index in [1.54, 1.807) is 4.90 Å². The molecule has 2 heterocycles. The minimum atomic E-state index is 0.370. The molecule has 0 saturated carbocycles. The highest BCUT2D eigenvalue weighted by atomic mass is 16.7. The van der Waals surface area contributed by atoms with Gasteiger partial charge in [-0.05, 0) is 37.5 Å². The average Bonchev–Trinajstić information content (AvgIpc) is 2.77. The molecule has 86 valence electrons. The molecule has 0 aromatic heterocycles. The van der Waals surface area contributed by atoms with Gasteiger partial charge in [0.1, 0.15) is 6.54 Å². The lowest BCUT2D eigenvalue weighted by Gasteiger charge is -2.23. The van der Waals surface area contributed by atoms with Crippen LogP contribution in [0.3, 0.4) is 0 Å². The Morgan fingerprint density at radius 2 is 1.81 bits per heavy atom. The number of quaternary nitrogens is 1. The van der Waals surface area contributed by atoms with Crippen LogP contribution in [0.25, 0.3) is 0 Å². The lowest BCUT2D eigenvalue weighted by Crippen LogP contribution is -3.11. The molecular formula is C13H18NO2+. The summed E-state index contributed by atoms with van der Waals surface area (Å²) in [4.78, 5) is 1.70. The van der Waals surface area contributed by atoms with E-state index in [-0.39, 0.29) is 0 Å². The Morgan fingerprint density at radius 1 is 1.00 bits per heavy atom. The summed E-state index contributed by atoms with van der Waals surface area (Å²) in [6, 6.07) is 6.32. The maximum atomic E-state index is 5.40. The summed E-state index contributed by atoms with van der Waals surface area (Å²) in [7, 11) is 0. The summed E-state index contributed by atoms with van der Waals surface area (Å²) in [6.45, 7) is 4.12. The van der Waals surface area contributed by atoms with Crippen LogP contribution < -0.4 is 14.4 Å². The van der Waals surface area contributed by atoms with E-state index in [1.807, 2.05) is 6.07 Å². The number of fused-ring (bicyclic) bond motifs is 1. The smallest absolute Gasteiger partial charge is 0.231 e. The van der Waals surface area contributed by atoms with Crippen molar-refractivity contribution in [2.24, 2.45) is 0 Å². The fraction of sp³-hybridized carbons (Fsp3) is 0.538. The molecule has 16 heavy (non-hydrogen) atoms. The highest BCUT2D eigenvalue weighted by Gasteiger charge is 2.17. The summed E-state index contributed by atoms with van der Waals surface area (Å²) < 4.78 is 10.7. The molecule has 2 aliphatic rings. The predicted molar refractivity (Wildman–Crippen MR) is 60.8 cm³/mol. The molecule has 1 saturated heterocycles. The summed E-state index contributed by atoms with van der Waals surface area (Å²) in [6.07, 6.45) is 4.16. The van der Waals surface area contributed by atoms with Gasteiger partial charge in [0, 0.05) is 5.56 Å². The van der Waals surface area contributed by atoms with Gasteiger partial charge in [-0.3, -0.25) is 0 Å². The zero-order valence-corrected chi connectivity index (χ0v) is 9.50. The van der Waals surface area contributed by atoms with Gasteiger partial charge in [0.15, 0.2) is 11.5 Å². The van der Waals surface area contributed by atoms with Crippen LogP contribution in [0, 0.1) is 0 Å². The molecule has 3 nitrogen and oxygen atoms in total. The van der Waals surface area contributed by atoms with Gasteiger partial charge in [-0.2, -0.15) is 0 Å². The van der Waals surface area contributed by atoms with Crippen molar-refractivity contribution in [2.45, 2.75) is 25.8 Å². The molecule has 1 N–H and O–H groups in total. The van der Waals surface area contributed by atoms with E-state index in [1.165, 1.54) is 37.9 Å². The lowest BCUT2D eigenvalue weighted by molar-refractivity contribution is -0.918. The SMILES string of the molecule is c1cc2c(cc1C[NH+]1CCCCC1)OCO2. The molecule has 2 aliphatic heterocycles. The molecular weight excluding hydrogens is 202 g/mol. The largest absolute Gasteiger partial charge is 0.454 e. The minimum Gasteiger partial charge on any atom is -0.454 e. The second-order valence-electron chi connectivity index (χ2n) is 4.68. The van der Waals surface area contributed by atoms with E-state index in [0.29, 0.717) is 6.79 Å². The van der Waals surface area contributed by atoms with Crippen LogP contribution >= 0.6 is 0 Å². The Balaban J connectivity index is 1.69. The Kier molecular flexibility index (Phi) is 2.70. The molecule has 0 bridgehead atoms. The van der Waals surface area contributed by atoms with Gasteiger partial charge in [0.05, 0.1) is 13.1 Å². The molecule has 3 heteroatoms. The summed E-state index contributed by atoms with van der Waals surface area (Å²) in [5, 5.41) is 0. The summed E-state index contributed by atoms with van der Waals surface area (Å²) in [5.74, 6) is 1.80. The molecule has 0 aliphatic carbocycles. The second kappa shape index (κ2) is 4.34. The fourth-order valence-electron chi connectivity index (χ4n) is 2.57. The molecule has 0 spiro atoms. The fourth-order valence-corrected chi connectivity index (χ4v) is 2.57. The van der Waals surface area contributed by atoms with Crippen molar-refractivity contribution in [2.75, 3.05) is 19.9 Å². The number of rotatable bonds is 2. The minimum absolute atomic E-state index is 0.370. The Morgan fingerprint density at radius 3 is 2.69 bits per heavy atom. The van der Waals surface area contributed by atoms with Gasteiger partial charge in [0.2, 0.25) is 6.79 Å². The lowest BCUT2D eigenvalue weighted by atomic mass is 10.1. The van der Waals surface area contributed by atoms with Crippen LogP contribution in [0.2, 0.25) is 0 Å². The molecule has 0 amide bonds. The van der Waals surface area contributed by atoms with E-state index in [0.717, 1.165) is 18.0 Å². The van der Waals surface area contributed by atoms with E-state index < -0.39 is 0 Å². The molecule has 1 aromatic carbocycles. The standard InChI is InChI=1S/C13H17NO2/c1-2-6-14(7-3-1)9-11-4-5-12-13(8-11)16-10-15-12/h4-5,8H,1-3,6-7,9-10H2/p+1. The summed E-state index contributed by atoms with van der Waals surface area (Å²) in [5.41, 5.74) is 1.36. The van der Waals surface area contributed by atoms with Gasteiger partial charge in [-0.25, -0.2) is 0 Å². The van der Waals surface area contributed by atoms with E-state index in [9.17, 15) is 0 Å². The van der Waals surface area contributed by atoms with Crippen LogP contribution in [0.4, 0.5) is 0 Å². The number of hydrogen-bond donors (Lipinski definition) is 1. The highest BCUT2D eigenvalue weighted by Crippen LogP contribution is 2.32. The van der Waals surface area contributed by atoms with Crippen LogP contribution in [0.5, 0.6) is 11.5 Å². The molecule has 0 radical (unpaired) electrons. The van der Waals surface area contributed by atoms with Crippen molar-refractivity contribution >= 4 is 0 Å². The van der Waals surface area contributed by atoms with E-state index in [2.05, 4.69) is 12.1 Å². The number of ether oxygens (including phenoxy) is 2.